The molecule has 0 fully saturated rings. The number of halogens is 1. The minimum Gasteiger partial charge on any atom is -0.440 e. The highest BCUT2D eigenvalue weighted by Gasteiger charge is 2.33. The summed E-state index contributed by atoms with van der Waals surface area (Å²) in [5, 5.41) is 11.4. The Morgan fingerprint density at radius 3 is 2.50 bits per heavy atom. The highest BCUT2D eigenvalue weighted by Crippen LogP contribution is 2.45. The van der Waals surface area contributed by atoms with Crippen molar-refractivity contribution in [1.29, 1.82) is 5.26 Å². The third-order valence-corrected chi connectivity index (χ3v) is 4.32. The van der Waals surface area contributed by atoms with Crippen LogP contribution in [0.2, 0.25) is 0 Å². The SMILES string of the molecule is N#CC1=C(N)Oc2c(ccc3ccccc23)[C@@H]1c1ccccc1F. The molecule has 3 aromatic carbocycles. The van der Waals surface area contributed by atoms with E-state index in [4.69, 9.17) is 10.5 Å². The number of rotatable bonds is 1. The minimum atomic E-state index is -0.579. The van der Waals surface area contributed by atoms with Gasteiger partial charge in [0.05, 0.1) is 5.92 Å². The van der Waals surface area contributed by atoms with Crippen molar-refractivity contribution < 1.29 is 9.13 Å². The Kier molecular flexibility index (Phi) is 3.21. The van der Waals surface area contributed by atoms with Crippen LogP contribution in [0, 0.1) is 17.1 Å². The van der Waals surface area contributed by atoms with Gasteiger partial charge in [-0.05, 0) is 11.5 Å². The number of ether oxygens (including phenoxy) is 1. The molecular weight excluding hydrogens is 303 g/mol. The molecule has 0 spiro atoms. The molecule has 3 nitrogen and oxygen atoms in total. The average molecular weight is 316 g/mol. The first kappa shape index (κ1) is 14.3. The van der Waals surface area contributed by atoms with E-state index in [-0.39, 0.29) is 17.3 Å². The van der Waals surface area contributed by atoms with Gasteiger partial charge in [-0.25, -0.2) is 4.39 Å². The van der Waals surface area contributed by atoms with E-state index in [0.29, 0.717) is 11.3 Å². The summed E-state index contributed by atoms with van der Waals surface area (Å²) in [7, 11) is 0. The van der Waals surface area contributed by atoms with E-state index >= 15 is 0 Å². The van der Waals surface area contributed by atoms with Crippen molar-refractivity contribution in [3.05, 3.63) is 89.1 Å². The molecule has 1 aliphatic heterocycles. The fourth-order valence-corrected chi connectivity index (χ4v) is 3.22. The maximum Gasteiger partial charge on any atom is 0.205 e. The summed E-state index contributed by atoms with van der Waals surface area (Å²) in [6.45, 7) is 0. The lowest BCUT2D eigenvalue weighted by atomic mass is 9.82. The number of benzene rings is 3. The largest absolute Gasteiger partial charge is 0.440 e. The van der Waals surface area contributed by atoms with Crippen LogP contribution in [0.5, 0.6) is 5.75 Å². The molecular formula is C20H13FN2O. The molecule has 24 heavy (non-hydrogen) atoms. The number of nitriles is 1. The van der Waals surface area contributed by atoms with Crippen molar-refractivity contribution >= 4 is 10.8 Å². The van der Waals surface area contributed by atoms with E-state index in [1.54, 1.807) is 18.2 Å². The monoisotopic (exact) mass is 316 g/mol. The van der Waals surface area contributed by atoms with Gasteiger partial charge in [-0.3, -0.25) is 0 Å². The van der Waals surface area contributed by atoms with Crippen molar-refractivity contribution in [2.75, 3.05) is 0 Å². The van der Waals surface area contributed by atoms with Crippen molar-refractivity contribution in [3.63, 3.8) is 0 Å². The van der Waals surface area contributed by atoms with Gasteiger partial charge in [0.25, 0.3) is 0 Å². The molecule has 1 atom stereocenters. The van der Waals surface area contributed by atoms with Gasteiger partial charge < -0.3 is 10.5 Å². The van der Waals surface area contributed by atoms with E-state index in [0.717, 1.165) is 16.3 Å². The first-order valence-electron chi connectivity index (χ1n) is 7.54. The summed E-state index contributed by atoms with van der Waals surface area (Å²) < 4.78 is 20.2. The number of hydrogen-bond acceptors (Lipinski definition) is 3. The lowest BCUT2D eigenvalue weighted by Gasteiger charge is -2.27. The van der Waals surface area contributed by atoms with Crippen LogP contribution in [0.3, 0.4) is 0 Å². The quantitative estimate of drug-likeness (QED) is 0.732. The van der Waals surface area contributed by atoms with Crippen LogP contribution in [0.15, 0.2) is 72.1 Å². The zero-order chi connectivity index (χ0) is 16.7. The molecule has 0 aliphatic carbocycles. The maximum atomic E-state index is 14.4. The second-order valence-corrected chi connectivity index (χ2v) is 5.65. The first-order chi connectivity index (χ1) is 11.7. The Balaban J connectivity index is 2.05. The highest BCUT2D eigenvalue weighted by molar-refractivity contribution is 5.90. The van der Waals surface area contributed by atoms with Crippen LogP contribution in [-0.4, -0.2) is 0 Å². The van der Waals surface area contributed by atoms with E-state index in [1.165, 1.54) is 6.07 Å². The molecule has 0 saturated carbocycles. The first-order valence-corrected chi connectivity index (χ1v) is 7.54. The Morgan fingerprint density at radius 2 is 1.71 bits per heavy atom. The zero-order valence-corrected chi connectivity index (χ0v) is 12.7. The Labute approximate surface area is 138 Å². The molecule has 2 N–H and O–H groups in total. The molecule has 1 heterocycles. The van der Waals surface area contributed by atoms with Gasteiger partial charge in [0.15, 0.2) is 0 Å². The predicted octanol–water partition coefficient (Wildman–Crippen LogP) is 4.20. The summed E-state index contributed by atoms with van der Waals surface area (Å²) in [6.07, 6.45) is 0. The second-order valence-electron chi connectivity index (χ2n) is 5.65. The topological polar surface area (TPSA) is 59.0 Å². The van der Waals surface area contributed by atoms with E-state index in [2.05, 4.69) is 6.07 Å². The number of fused-ring (bicyclic) bond motifs is 3. The Bertz CT molecular complexity index is 1030. The molecule has 0 bridgehead atoms. The minimum absolute atomic E-state index is 0.0228. The van der Waals surface area contributed by atoms with Crippen LogP contribution in [0.1, 0.15) is 17.0 Å². The maximum absolute atomic E-state index is 14.4. The molecule has 4 heteroatoms. The summed E-state index contributed by atoms with van der Waals surface area (Å²) in [4.78, 5) is 0. The van der Waals surface area contributed by atoms with Gasteiger partial charge in [-0.15, -0.1) is 0 Å². The lowest BCUT2D eigenvalue weighted by molar-refractivity contribution is 0.397. The number of hydrogen-bond donors (Lipinski definition) is 1. The van der Waals surface area contributed by atoms with Crippen LogP contribution < -0.4 is 10.5 Å². The van der Waals surface area contributed by atoms with Gasteiger partial charge in [0, 0.05) is 16.5 Å². The summed E-state index contributed by atoms with van der Waals surface area (Å²) in [6, 6.07) is 20.1. The standard InChI is InChI=1S/C20H13FN2O/c21-17-8-4-3-7-14(17)18-15-10-9-12-5-1-2-6-13(12)19(15)24-20(23)16(18)11-22/h1-10,18H,23H2/t18-/m0/s1. The van der Waals surface area contributed by atoms with Crippen LogP contribution in [0.4, 0.5) is 4.39 Å². The van der Waals surface area contributed by atoms with Crippen molar-refractivity contribution in [2.24, 2.45) is 5.73 Å². The Hall–Kier alpha value is -3.32. The van der Waals surface area contributed by atoms with Crippen molar-refractivity contribution in [2.45, 2.75) is 5.92 Å². The molecule has 4 rings (SSSR count). The predicted molar refractivity (Wildman–Crippen MR) is 89.6 cm³/mol. The van der Waals surface area contributed by atoms with E-state index in [9.17, 15) is 9.65 Å². The molecule has 0 unspecified atom stereocenters. The van der Waals surface area contributed by atoms with Gasteiger partial charge >= 0.3 is 0 Å². The van der Waals surface area contributed by atoms with Crippen molar-refractivity contribution in [1.82, 2.24) is 0 Å². The molecule has 0 aromatic heterocycles. The van der Waals surface area contributed by atoms with Gasteiger partial charge in [0.1, 0.15) is 23.2 Å². The summed E-state index contributed by atoms with van der Waals surface area (Å²) in [5.74, 6) is -0.346. The molecule has 1 aliphatic rings. The number of nitrogens with zero attached hydrogens (tertiary/aromatic N) is 1. The van der Waals surface area contributed by atoms with E-state index in [1.807, 2.05) is 36.4 Å². The van der Waals surface area contributed by atoms with Crippen LogP contribution in [-0.2, 0) is 0 Å². The third kappa shape index (κ3) is 2.03. The Morgan fingerprint density at radius 1 is 0.958 bits per heavy atom. The lowest BCUT2D eigenvalue weighted by Crippen LogP contribution is -2.21. The number of allylic oxidation sites excluding steroid dienone is 1. The summed E-state index contributed by atoms with van der Waals surface area (Å²) in [5.41, 5.74) is 7.36. The van der Waals surface area contributed by atoms with Gasteiger partial charge in [0.2, 0.25) is 5.88 Å². The van der Waals surface area contributed by atoms with Crippen LogP contribution in [0.25, 0.3) is 10.8 Å². The number of nitrogens with two attached hydrogens (primary N) is 1. The normalized spacial score (nSPS) is 16.4. The van der Waals surface area contributed by atoms with Gasteiger partial charge in [-0.1, -0.05) is 54.6 Å². The van der Waals surface area contributed by atoms with Crippen LogP contribution >= 0.6 is 0 Å². The molecule has 3 aromatic rings. The van der Waals surface area contributed by atoms with Gasteiger partial charge in [-0.2, -0.15) is 5.26 Å². The molecule has 0 amide bonds. The average Bonchev–Trinajstić information content (AvgIpc) is 2.61. The van der Waals surface area contributed by atoms with E-state index < -0.39 is 5.92 Å². The second kappa shape index (κ2) is 5.39. The molecule has 0 saturated heterocycles. The van der Waals surface area contributed by atoms with Crippen molar-refractivity contribution in [3.8, 4) is 11.8 Å². The molecule has 0 radical (unpaired) electrons. The smallest absolute Gasteiger partial charge is 0.205 e. The highest BCUT2D eigenvalue weighted by atomic mass is 19.1. The fraction of sp³-hybridized carbons (Fsp3) is 0.0500. The molecule has 116 valence electrons. The fourth-order valence-electron chi connectivity index (χ4n) is 3.22. The third-order valence-electron chi connectivity index (χ3n) is 4.32. The zero-order valence-electron chi connectivity index (χ0n) is 12.7. The summed E-state index contributed by atoms with van der Waals surface area (Å²) >= 11 is 0.